The molecule has 6 heteroatoms. The van der Waals surface area contributed by atoms with Gasteiger partial charge in [-0.2, -0.15) is 0 Å². The molecule has 2 rings (SSSR count). The van der Waals surface area contributed by atoms with Gasteiger partial charge in [0.2, 0.25) is 0 Å². The first-order valence-electron chi connectivity index (χ1n) is 5.49. The summed E-state index contributed by atoms with van der Waals surface area (Å²) in [7, 11) is 0. The predicted molar refractivity (Wildman–Crippen MR) is 67.4 cm³/mol. The smallest absolute Gasteiger partial charge is 0.375 e. The van der Waals surface area contributed by atoms with Crippen molar-refractivity contribution in [3.05, 3.63) is 40.4 Å². The summed E-state index contributed by atoms with van der Waals surface area (Å²) in [6, 6.07) is 5.41. The van der Waals surface area contributed by atoms with E-state index >= 15 is 0 Å². The molecule has 1 N–H and O–H groups in total. The lowest BCUT2D eigenvalue weighted by atomic mass is 10.2. The maximum atomic E-state index is 10.9. The molecule has 0 amide bonds. The molecule has 18 heavy (non-hydrogen) atoms. The van der Waals surface area contributed by atoms with Crippen LogP contribution in [0.2, 0.25) is 5.02 Å². The van der Waals surface area contributed by atoms with Crippen molar-refractivity contribution in [3.63, 3.8) is 0 Å². The van der Waals surface area contributed by atoms with Crippen molar-refractivity contribution in [1.29, 1.82) is 0 Å². The summed E-state index contributed by atoms with van der Waals surface area (Å²) >= 11 is 6.05. The molecule has 0 bridgehead atoms. The molecule has 0 spiro atoms. The molecule has 0 aliphatic carbocycles. The van der Waals surface area contributed by atoms with Crippen LogP contribution in [0.5, 0.6) is 0 Å². The lowest BCUT2D eigenvalue weighted by Crippen LogP contribution is -2.05. The number of carbonyl (C=O) groups is 1. The van der Waals surface area contributed by atoms with Crippen LogP contribution < -0.4 is 0 Å². The number of nitrogens with zero attached hydrogens (tertiary/aromatic N) is 3. The largest absolute Gasteiger partial charge is 0.475 e. The van der Waals surface area contributed by atoms with Crippen LogP contribution in [0.15, 0.2) is 18.2 Å². The molecule has 0 fully saturated rings. The molecule has 1 heterocycles. The number of hydrogen-bond acceptors (Lipinski definition) is 3. The highest BCUT2D eigenvalue weighted by atomic mass is 35.5. The van der Waals surface area contributed by atoms with E-state index < -0.39 is 5.97 Å². The van der Waals surface area contributed by atoms with Gasteiger partial charge in [0.15, 0.2) is 0 Å². The molecule has 1 aromatic carbocycles. The summed E-state index contributed by atoms with van der Waals surface area (Å²) < 4.78 is 1.53. The first-order chi connectivity index (χ1) is 8.54. The second-order valence-electron chi connectivity index (χ2n) is 3.81. The molecule has 94 valence electrons. The third-order valence-electron chi connectivity index (χ3n) is 2.65. The molecule has 0 aliphatic heterocycles. The SMILES string of the molecule is CCc1nc(C(=O)O)nn1-c1cccc(Cl)c1C. The Morgan fingerprint density at radius 3 is 2.83 bits per heavy atom. The van der Waals surface area contributed by atoms with Gasteiger partial charge >= 0.3 is 5.97 Å². The van der Waals surface area contributed by atoms with Gasteiger partial charge in [-0.25, -0.2) is 14.5 Å². The number of aryl methyl sites for hydroxylation is 1. The van der Waals surface area contributed by atoms with Crippen LogP contribution in [-0.2, 0) is 6.42 Å². The zero-order valence-corrected chi connectivity index (χ0v) is 10.8. The van der Waals surface area contributed by atoms with E-state index in [4.69, 9.17) is 16.7 Å². The summed E-state index contributed by atoms with van der Waals surface area (Å²) in [6.45, 7) is 3.76. The van der Waals surface area contributed by atoms with E-state index in [0.29, 0.717) is 17.3 Å². The van der Waals surface area contributed by atoms with E-state index in [9.17, 15) is 4.79 Å². The first-order valence-corrected chi connectivity index (χ1v) is 5.87. The highest BCUT2D eigenvalue weighted by Gasteiger charge is 2.16. The van der Waals surface area contributed by atoms with Gasteiger partial charge in [0.1, 0.15) is 5.82 Å². The number of benzene rings is 1. The van der Waals surface area contributed by atoms with Crippen molar-refractivity contribution in [1.82, 2.24) is 14.8 Å². The summed E-state index contributed by atoms with van der Waals surface area (Å²) in [5, 5.41) is 13.5. The fraction of sp³-hybridized carbons (Fsp3) is 0.250. The number of hydrogen-bond donors (Lipinski definition) is 1. The Hall–Kier alpha value is -1.88. The van der Waals surface area contributed by atoms with Crippen molar-refractivity contribution in [2.24, 2.45) is 0 Å². The second kappa shape index (κ2) is 4.78. The summed E-state index contributed by atoms with van der Waals surface area (Å²) in [6.07, 6.45) is 0.590. The molecule has 5 nitrogen and oxygen atoms in total. The quantitative estimate of drug-likeness (QED) is 0.926. The molecular formula is C12H12ClN3O2. The average molecular weight is 266 g/mol. The summed E-state index contributed by atoms with van der Waals surface area (Å²) in [4.78, 5) is 14.9. The minimum Gasteiger partial charge on any atom is -0.475 e. The zero-order chi connectivity index (χ0) is 13.3. The Morgan fingerprint density at radius 2 is 2.22 bits per heavy atom. The maximum Gasteiger partial charge on any atom is 0.375 e. The standard InChI is InChI=1S/C12H12ClN3O2/c1-3-10-14-11(12(17)18)15-16(10)9-6-4-5-8(13)7(9)2/h4-6H,3H2,1-2H3,(H,17,18). The predicted octanol–water partition coefficient (Wildman–Crippen LogP) is 2.49. The maximum absolute atomic E-state index is 10.9. The van der Waals surface area contributed by atoms with Gasteiger partial charge in [-0.1, -0.05) is 24.6 Å². The number of carboxylic acid groups (broad SMARTS) is 1. The van der Waals surface area contributed by atoms with Crippen LogP contribution in [0.1, 0.15) is 28.9 Å². The molecule has 2 aromatic rings. The number of carboxylic acids is 1. The lowest BCUT2D eigenvalue weighted by molar-refractivity contribution is 0.0683. The van der Waals surface area contributed by atoms with Gasteiger partial charge in [-0.3, -0.25) is 0 Å². The molecule has 0 atom stereocenters. The van der Waals surface area contributed by atoms with Crippen LogP contribution in [0.25, 0.3) is 5.69 Å². The van der Waals surface area contributed by atoms with Gasteiger partial charge in [0, 0.05) is 11.4 Å². The van der Waals surface area contributed by atoms with E-state index in [0.717, 1.165) is 11.3 Å². The van der Waals surface area contributed by atoms with Gasteiger partial charge < -0.3 is 5.11 Å². The van der Waals surface area contributed by atoms with Gasteiger partial charge in [0.25, 0.3) is 5.82 Å². The molecule has 0 radical (unpaired) electrons. The Kier molecular flexibility index (Phi) is 3.34. The highest BCUT2D eigenvalue weighted by molar-refractivity contribution is 6.31. The number of rotatable bonds is 3. The second-order valence-corrected chi connectivity index (χ2v) is 4.21. The van der Waals surface area contributed by atoms with Gasteiger partial charge in [-0.15, -0.1) is 5.10 Å². The third-order valence-corrected chi connectivity index (χ3v) is 3.06. The molecule has 0 unspecified atom stereocenters. The number of aromatic nitrogens is 3. The molecule has 1 aromatic heterocycles. The van der Waals surface area contributed by atoms with Crippen molar-refractivity contribution in [2.75, 3.05) is 0 Å². The van der Waals surface area contributed by atoms with E-state index in [-0.39, 0.29) is 5.82 Å². The average Bonchev–Trinajstić information content (AvgIpc) is 2.76. The Labute approximate surface area is 109 Å². The van der Waals surface area contributed by atoms with E-state index in [1.165, 1.54) is 4.68 Å². The van der Waals surface area contributed by atoms with Crippen molar-refractivity contribution >= 4 is 17.6 Å². The normalized spacial score (nSPS) is 10.6. The number of halogens is 1. The van der Waals surface area contributed by atoms with Crippen LogP contribution in [0.4, 0.5) is 0 Å². The van der Waals surface area contributed by atoms with Crippen LogP contribution in [-0.4, -0.2) is 25.8 Å². The van der Waals surface area contributed by atoms with Crippen LogP contribution >= 0.6 is 11.6 Å². The van der Waals surface area contributed by atoms with Crippen molar-refractivity contribution in [2.45, 2.75) is 20.3 Å². The molecule has 0 saturated carbocycles. The monoisotopic (exact) mass is 265 g/mol. The Morgan fingerprint density at radius 1 is 1.50 bits per heavy atom. The van der Waals surface area contributed by atoms with Crippen molar-refractivity contribution < 1.29 is 9.90 Å². The third kappa shape index (κ3) is 2.09. The fourth-order valence-corrected chi connectivity index (χ4v) is 1.85. The Balaban J connectivity index is 2.63. The minimum atomic E-state index is -1.14. The summed E-state index contributed by atoms with van der Waals surface area (Å²) in [5.41, 5.74) is 1.59. The first kappa shape index (κ1) is 12.6. The minimum absolute atomic E-state index is 0.203. The Bertz CT molecular complexity index is 607. The van der Waals surface area contributed by atoms with E-state index in [1.54, 1.807) is 12.1 Å². The van der Waals surface area contributed by atoms with E-state index in [2.05, 4.69) is 10.1 Å². The van der Waals surface area contributed by atoms with Gasteiger partial charge in [0.05, 0.1) is 5.69 Å². The molecule has 0 saturated heterocycles. The zero-order valence-electron chi connectivity index (χ0n) is 10.0. The molecule has 0 aliphatic rings. The van der Waals surface area contributed by atoms with Gasteiger partial charge in [-0.05, 0) is 24.6 Å². The van der Waals surface area contributed by atoms with Crippen LogP contribution in [0.3, 0.4) is 0 Å². The van der Waals surface area contributed by atoms with E-state index in [1.807, 2.05) is 19.9 Å². The fourth-order valence-electron chi connectivity index (χ4n) is 1.68. The highest BCUT2D eigenvalue weighted by Crippen LogP contribution is 2.22. The van der Waals surface area contributed by atoms with Crippen molar-refractivity contribution in [3.8, 4) is 5.69 Å². The van der Waals surface area contributed by atoms with Crippen LogP contribution in [0, 0.1) is 6.92 Å². The number of aromatic carboxylic acids is 1. The molecular weight excluding hydrogens is 254 g/mol. The summed E-state index contributed by atoms with van der Waals surface area (Å²) in [5.74, 6) is -0.743. The lowest BCUT2D eigenvalue weighted by Gasteiger charge is -2.08. The topological polar surface area (TPSA) is 68.0 Å².